The Bertz CT molecular complexity index is 1060. The molecule has 0 atom stereocenters. The minimum absolute atomic E-state index is 0.0183. The number of nitrogens with one attached hydrogen (secondary N) is 2. The first kappa shape index (κ1) is 13.6. The van der Waals surface area contributed by atoms with Crippen molar-refractivity contribution < 1.29 is 19.2 Å². The molecule has 2 aromatic rings. The van der Waals surface area contributed by atoms with Crippen molar-refractivity contribution in [3.05, 3.63) is 51.4 Å². The largest absolute Gasteiger partial charge is 0.289 e. The Morgan fingerprint density at radius 3 is 2.00 bits per heavy atom. The summed E-state index contributed by atoms with van der Waals surface area (Å²) in [6, 6.07) is 4.21. The van der Waals surface area contributed by atoms with Crippen LogP contribution in [0.25, 0.3) is 15.6 Å². The number of nitrogens with zero attached hydrogens (tertiary/aromatic N) is 2. The van der Waals surface area contributed by atoms with E-state index in [2.05, 4.69) is 15.5 Å². The van der Waals surface area contributed by atoms with Gasteiger partial charge in [-0.3, -0.25) is 29.8 Å². The van der Waals surface area contributed by atoms with Gasteiger partial charge in [0.25, 0.3) is 17.7 Å². The van der Waals surface area contributed by atoms with E-state index in [4.69, 9.17) is 6.57 Å². The predicted molar refractivity (Wildman–Crippen MR) is 78.5 cm³/mol. The summed E-state index contributed by atoms with van der Waals surface area (Å²) in [5.74, 6) is -3.06. The van der Waals surface area contributed by atoms with Crippen LogP contribution in [0.15, 0.2) is 12.1 Å². The van der Waals surface area contributed by atoms with Gasteiger partial charge in [-0.25, -0.2) is 4.85 Å². The van der Waals surface area contributed by atoms with Crippen molar-refractivity contribution in [2.45, 2.75) is 0 Å². The van der Waals surface area contributed by atoms with Crippen LogP contribution >= 0.6 is 0 Å². The van der Waals surface area contributed by atoms with Gasteiger partial charge in [-0.1, -0.05) is 0 Å². The molecule has 0 bridgehead atoms. The highest BCUT2D eigenvalue weighted by atomic mass is 16.2. The van der Waals surface area contributed by atoms with Gasteiger partial charge in [0.15, 0.2) is 0 Å². The second-order valence-corrected chi connectivity index (χ2v) is 5.21. The quantitative estimate of drug-likeness (QED) is 0.555. The highest BCUT2D eigenvalue weighted by Crippen LogP contribution is 2.40. The SMILES string of the molecule is [C-]#[N+]c1cc2c3c(c(C#N)cc4c3c1C(=O)NC4=O)C(=O)NC2=O. The van der Waals surface area contributed by atoms with Gasteiger partial charge in [0.05, 0.1) is 23.3 Å². The lowest BCUT2D eigenvalue weighted by Crippen LogP contribution is -2.39. The number of benzene rings is 2. The number of carbonyl (C=O) groups is 4. The average Bonchev–Trinajstić information content (AvgIpc) is 2.56. The number of carbonyl (C=O) groups excluding carboxylic acids is 4. The van der Waals surface area contributed by atoms with Crippen molar-refractivity contribution in [2.24, 2.45) is 0 Å². The van der Waals surface area contributed by atoms with Gasteiger partial charge in [0.1, 0.15) is 6.07 Å². The lowest BCUT2D eigenvalue weighted by Gasteiger charge is -2.24. The molecule has 0 unspecified atom stereocenters. The highest BCUT2D eigenvalue weighted by molar-refractivity contribution is 6.35. The van der Waals surface area contributed by atoms with E-state index in [-0.39, 0.29) is 44.3 Å². The monoisotopic (exact) mass is 316 g/mol. The number of hydrogen-bond acceptors (Lipinski definition) is 5. The predicted octanol–water partition coefficient (Wildman–Crippen LogP) is 1.03. The number of rotatable bonds is 0. The molecule has 0 fully saturated rings. The Morgan fingerprint density at radius 2 is 1.42 bits per heavy atom. The van der Waals surface area contributed by atoms with Crippen molar-refractivity contribution in [1.29, 1.82) is 5.26 Å². The maximum atomic E-state index is 12.2. The summed E-state index contributed by atoms with van der Waals surface area (Å²) in [4.78, 5) is 51.9. The van der Waals surface area contributed by atoms with Crippen molar-refractivity contribution in [2.75, 3.05) is 0 Å². The van der Waals surface area contributed by atoms with Gasteiger partial charge in [-0.2, -0.15) is 5.26 Å². The third-order valence-electron chi connectivity index (χ3n) is 4.02. The molecule has 0 radical (unpaired) electrons. The van der Waals surface area contributed by atoms with E-state index in [1.807, 2.05) is 6.07 Å². The molecule has 4 amide bonds. The van der Waals surface area contributed by atoms with Crippen molar-refractivity contribution >= 4 is 40.1 Å². The van der Waals surface area contributed by atoms with Crippen LogP contribution in [0.3, 0.4) is 0 Å². The first-order valence-corrected chi connectivity index (χ1v) is 6.64. The Morgan fingerprint density at radius 1 is 0.875 bits per heavy atom. The summed E-state index contributed by atoms with van der Waals surface area (Å²) < 4.78 is 0. The lowest BCUT2D eigenvalue weighted by atomic mass is 9.84. The molecule has 0 saturated carbocycles. The summed E-state index contributed by atoms with van der Waals surface area (Å²) in [7, 11) is 0. The van der Waals surface area contributed by atoms with Crippen LogP contribution in [-0.4, -0.2) is 23.6 Å². The maximum absolute atomic E-state index is 12.2. The molecule has 0 aliphatic carbocycles. The van der Waals surface area contributed by atoms with Gasteiger partial charge >= 0.3 is 0 Å². The van der Waals surface area contributed by atoms with E-state index in [1.165, 1.54) is 12.1 Å². The van der Waals surface area contributed by atoms with Gasteiger partial charge in [-0.15, -0.1) is 0 Å². The molecule has 4 rings (SSSR count). The van der Waals surface area contributed by atoms with Crippen molar-refractivity contribution in [3.8, 4) is 6.07 Å². The highest BCUT2D eigenvalue weighted by Gasteiger charge is 2.36. The van der Waals surface area contributed by atoms with E-state index in [9.17, 15) is 24.4 Å². The third kappa shape index (κ3) is 1.44. The molecule has 0 saturated heterocycles. The van der Waals surface area contributed by atoms with Crippen molar-refractivity contribution in [1.82, 2.24) is 10.6 Å². The zero-order valence-electron chi connectivity index (χ0n) is 11.7. The van der Waals surface area contributed by atoms with Crippen LogP contribution in [0.4, 0.5) is 5.69 Å². The Hall–Kier alpha value is -4.04. The van der Waals surface area contributed by atoms with Gasteiger partial charge in [0, 0.05) is 16.5 Å². The van der Waals surface area contributed by atoms with Gasteiger partial charge in [-0.05, 0) is 17.5 Å². The zero-order chi connectivity index (χ0) is 17.2. The fourth-order valence-electron chi connectivity index (χ4n) is 3.09. The molecule has 0 aromatic heterocycles. The minimum atomic E-state index is -0.782. The number of amides is 4. The second kappa shape index (κ2) is 4.24. The first-order chi connectivity index (χ1) is 11.5. The van der Waals surface area contributed by atoms with E-state index >= 15 is 0 Å². The third-order valence-corrected chi connectivity index (χ3v) is 4.02. The van der Waals surface area contributed by atoms with Gasteiger partial charge in [0.2, 0.25) is 11.6 Å². The molecule has 2 aliphatic rings. The van der Waals surface area contributed by atoms with Crippen LogP contribution in [0.5, 0.6) is 0 Å². The molecule has 2 heterocycles. The number of hydrogen-bond donors (Lipinski definition) is 2. The summed E-state index contributed by atoms with van der Waals surface area (Å²) in [6.07, 6.45) is 0. The fourth-order valence-corrected chi connectivity index (χ4v) is 3.09. The molecular weight excluding hydrogens is 312 g/mol. The normalized spacial score (nSPS) is 14.8. The molecule has 2 aliphatic heterocycles. The molecule has 2 aromatic carbocycles. The van der Waals surface area contributed by atoms with Crippen LogP contribution in [-0.2, 0) is 0 Å². The second-order valence-electron chi connectivity index (χ2n) is 5.21. The summed E-state index contributed by atoms with van der Waals surface area (Å²) in [6.45, 7) is 7.23. The molecule has 24 heavy (non-hydrogen) atoms. The van der Waals surface area contributed by atoms with E-state index in [1.54, 1.807) is 0 Å². The van der Waals surface area contributed by atoms with Crippen LogP contribution in [0.2, 0.25) is 0 Å². The minimum Gasteiger partial charge on any atom is -0.289 e. The van der Waals surface area contributed by atoms with Crippen LogP contribution in [0.1, 0.15) is 47.0 Å². The molecule has 112 valence electrons. The Labute approximate surface area is 133 Å². The Kier molecular flexibility index (Phi) is 2.41. The maximum Gasteiger partial charge on any atom is 0.260 e. The van der Waals surface area contributed by atoms with E-state index < -0.39 is 23.6 Å². The summed E-state index contributed by atoms with van der Waals surface area (Å²) in [5.41, 5.74) is -0.388. The number of nitriles is 1. The molecule has 8 nitrogen and oxygen atoms in total. The topological polar surface area (TPSA) is 120 Å². The van der Waals surface area contributed by atoms with Gasteiger partial charge < -0.3 is 0 Å². The van der Waals surface area contributed by atoms with Crippen LogP contribution in [0, 0.1) is 17.9 Å². The van der Waals surface area contributed by atoms with E-state index in [0.29, 0.717) is 0 Å². The Balaban J connectivity index is 2.39. The van der Waals surface area contributed by atoms with Crippen molar-refractivity contribution in [3.63, 3.8) is 0 Å². The zero-order valence-corrected chi connectivity index (χ0v) is 11.7. The number of imide groups is 2. The fraction of sp³-hybridized carbons (Fsp3) is 0. The lowest BCUT2D eigenvalue weighted by molar-refractivity contribution is 0.0823. The summed E-state index contributed by atoms with van der Waals surface area (Å²) in [5, 5.41) is 13.6. The molecular formula is C16H4N4O4. The average molecular weight is 316 g/mol. The molecule has 0 spiro atoms. The molecule has 8 heteroatoms. The van der Waals surface area contributed by atoms with E-state index in [0.717, 1.165) is 0 Å². The van der Waals surface area contributed by atoms with Crippen LogP contribution < -0.4 is 10.6 Å². The standard InChI is InChI=1S/C16H4N4O4/c1-18-8-3-7-10-9(15(23)19-14(7)22)5(4-17)2-6-11(10)12(8)16(24)20-13(6)21/h2-3H,(H,19,22,23)(H,20,21,24). The molecule has 2 N–H and O–H groups in total. The smallest absolute Gasteiger partial charge is 0.260 e. The first-order valence-electron chi connectivity index (χ1n) is 6.64. The summed E-state index contributed by atoms with van der Waals surface area (Å²) >= 11 is 0.